The van der Waals surface area contributed by atoms with Gasteiger partial charge in [-0.1, -0.05) is 11.6 Å². The summed E-state index contributed by atoms with van der Waals surface area (Å²) < 4.78 is 5.80. The molecule has 0 aromatic heterocycles. The number of hydrogen-bond donors (Lipinski definition) is 2. The number of benzene rings is 1. The lowest BCUT2D eigenvalue weighted by atomic mass is 10.2. The summed E-state index contributed by atoms with van der Waals surface area (Å²) in [5, 5.41) is 11.6. The quantitative estimate of drug-likeness (QED) is 0.883. The van der Waals surface area contributed by atoms with Crippen LogP contribution in [0, 0.1) is 0 Å². The van der Waals surface area contributed by atoms with Gasteiger partial charge in [-0.3, -0.25) is 4.79 Å². The van der Waals surface area contributed by atoms with Gasteiger partial charge in [0.15, 0.2) is 0 Å². The molecular formula is C13H16ClNO3. The molecule has 5 heteroatoms. The lowest BCUT2D eigenvalue weighted by Crippen LogP contribution is -2.15. The summed E-state index contributed by atoms with van der Waals surface area (Å²) >= 11 is 6.10. The molecular weight excluding hydrogens is 254 g/mol. The molecule has 2 N–H and O–H groups in total. The van der Waals surface area contributed by atoms with E-state index in [1.165, 1.54) is 12.8 Å². The molecule has 0 unspecified atom stereocenters. The SMILES string of the molecule is O=C(CO)Nc1ccc(OC2CCCC2)c(Cl)c1. The molecule has 2 rings (SSSR count). The van der Waals surface area contributed by atoms with Crippen LogP contribution in [0.1, 0.15) is 25.7 Å². The number of aliphatic hydroxyl groups is 1. The maximum atomic E-state index is 11.0. The first kappa shape index (κ1) is 13.2. The van der Waals surface area contributed by atoms with Crippen LogP contribution in [0.5, 0.6) is 5.75 Å². The highest BCUT2D eigenvalue weighted by Crippen LogP contribution is 2.31. The number of nitrogens with one attached hydrogen (secondary N) is 1. The highest BCUT2D eigenvalue weighted by atomic mass is 35.5. The second kappa shape index (κ2) is 6.07. The lowest BCUT2D eigenvalue weighted by molar-refractivity contribution is -0.118. The van der Waals surface area contributed by atoms with Crippen molar-refractivity contribution in [2.24, 2.45) is 0 Å². The van der Waals surface area contributed by atoms with E-state index in [0.29, 0.717) is 16.5 Å². The third-order valence-corrected chi connectivity index (χ3v) is 3.25. The van der Waals surface area contributed by atoms with E-state index in [-0.39, 0.29) is 6.10 Å². The molecule has 0 aliphatic heterocycles. The third-order valence-electron chi connectivity index (χ3n) is 2.96. The Labute approximate surface area is 111 Å². The Hall–Kier alpha value is -1.26. The fourth-order valence-electron chi connectivity index (χ4n) is 2.06. The van der Waals surface area contributed by atoms with Crippen molar-refractivity contribution in [1.29, 1.82) is 0 Å². The standard InChI is InChI=1S/C13H16ClNO3/c14-11-7-9(15-13(17)8-16)5-6-12(11)18-10-3-1-2-4-10/h5-7,10,16H,1-4,8H2,(H,15,17). The second-order valence-corrected chi connectivity index (χ2v) is 4.78. The molecule has 0 radical (unpaired) electrons. The van der Waals surface area contributed by atoms with Crippen molar-refractivity contribution < 1.29 is 14.6 Å². The van der Waals surface area contributed by atoms with E-state index in [4.69, 9.17) is 21.4 Å². The third kappa shape index (κ3) is 3.37. The molecule has 1 aliphatic carbocycles. The van der Waals surface area contributed by atoms with Crippen molar-refractivity contribution >= 4 is 23.2 Å². The average Bonchev–Trinajstić information content (AvgIpc) is 2.85. The molecule has 0 spiro atoms. The largest absolute Gasteiger partial charge is 0.489 e. The molecule has 1 saturated carbocycles. The minimum Gasteiger partial charge on any atom is -0.489 e. The van der Waals surface area contributed by atoms with E-state index in [9.17, 15) is 4.79 Å². The molecule has 98 valence electrons. The van der Waals surface area contributed by atoms with Gasteiger partial charge in [0.25, 0.3) is 0 Å². The van der Waals surface area contributed by atoms with E-state index < -0.39 is 12.5 Å². The zero-order valence-electron chi connectivity index (χ0n) is 9.99. The minimum atomic E-state index is -0.544. The van der Waals surface area contributed by atoms with Crippen LogP contribution >= 0.6 is 11.6 Å². The van der Waals surface area contributed by atoms with Crippen LogP contribution < -0.4 is 10.1 Å². The van der Waals surface area contributed by atoms with Crippen LogP contribution in [0.4, 0.5) is 5.69 Å². The van der Waals surface area contributed by atoms with Gasteiger partial charge in [0.2, 0.25) is 5.91 Å². The first-order chi connectivity index (χ1) is 8.69. The van der Waals surface area contributed by atoms with Crippen molar-refractivity contribution in [3.05, 3.63) is 23.2 Å². The molecule has 1 aromatic rings. The summed E-state index contributed by atoms with van der Waals surface area (Å²) in [7, 11) is 0. The summed E-state index contributed by atoms with van der Waals surface area (Å²) in [6.07, 6.45) is 4.79. The molecule has 1 amide bonds. The zero-order valence-corrected chi connectivity index (χ0v) is 10.7. The van der Waals surface area contributed by atoms with E-state index in [1.807, 2.05) is 0 Å². The number of carbonyl (C=O) groups excluding carboxylic acids is 1. The first-order valence-corrected chi connectivity index (χ1v) is 6.44. The first-order valence-electron chi connectivity index (χ1n) is 6.06. The Balaban J connectivity index is 2.02. The number of anilines is 1. The lowest BCUT2D eigenvalue weighted by Gasteiger charge is -2.15. The molecule has 1 fully saturated rings. The maximum absolute atomic E-state index is 11.0. The zero-order chi connectivity index (χ0) is 13.0. The smallest absolute Gasteiger partial charge is 0.250 e. The van der Waals surface area contributed by atoms with Crippen LogP contribution in [0.15, 0.2) is 18.2 Å². The number of ether oxygens (including phenoxy) is 1. The van der Waals surface area contributed by atoms with Gasteiger partial charge in [-0.2, -0.15) is 0 Å². The minimum absolute atomic E-state index is 0.250. The summed E-state index contributed by atoms with van der Waals surface area (Å²) in [5.74, 6) is 0.182. The van der Waals surface area contributed by atoms with E-state index in [0.717, 1.165) is 12.8 Å². The van der Waals surface area contributed by atoms with Gasteiger partial charge in [0.1, 0.15) is 12.4 Å². The van der Waals surface area contributed by atoms with Crippen molar-refractivity contribution in [3.8, 4) is 5.75 Å². The molecule has 1 aromatic carbocycles. The van der Waals surface area contributed by atoms with Crippen LogP contribution in [-0.4, -0.2) is 23.7 Å². The van der Waals surface area contributed by atoms with Gasteiger partial charge in [-0.15, -0.1) is 0 Å². The van der Waals surface area contributed by atoms with Gasteiger partial charge in [0, 0.05) is 5.69 Å². The number of halogens is 1. The average molecular weight is 270 g/mol. The Morgan fingerprint density at radius 1 is 1.44 bits per heavy atom. The van der Waals surface area contributed by atoms with Crippen molar-refractivity contribution in [2.45, 2.75) is 31.8 Å². The molecule has 4 nitrogen and oxygen atoms in total. The van der Waals surface area contributed by atoms with Gasteiger partial charge in [-0.25, -0.2) is 0 Å². The Morgan fingerprint density at radius 3 is 2.78 bits per heavy atom. The second-order valence-electron chi connectivity index (χ2n) is 4.38. The Kier molecular flexibility index (Phi) is 4.44. The highest BCUT2D eigenvalue weighted by Gasteiger charge is 2.17. The summed E-state index contributed by atoms with van der Waals surface area (Å²) in [6, 6.07) is 5.08. The van der Waals surface area contributed by atoms with Gasteiger partial charge < -0.3 is 15.2 Å². The normalized spacial score (nSPS) is 15.7. The summed E-state index contributed by atoms with van der Waals surface area (Å²) in [5.41, 5.74) is 0.554. The van der Waals surface area contributed by atoms with Crippen LogP contribution in [0.2, 0.25) is 5.02 Å². The Bertz CT molecular complexity index is 430. The topological polar surface area (TPSA) is 58.6 Å². The predicted molar refractivity (Wildman–Crippen MR) is 70.1 cm³/mol. The van der Waals surface area contributed by atoms with Crippen LogP contribution in [0.25, 0.3) is 0 Å². The van der Waals surface area contributed by atoms with E-state index in [1.54, 1.807) is 18.2 Å². The van der Waals surface area contributed by atoms with Gasteiger partial charge in [0.05, 0.1) is 11.1 Å². The molecule has 18 heavy (non-hydrogen) atoms. The van der Waals surface area contributed by atoms with Crippen molar-refractivity contribution in [1.82, 2.24) is 0 Å². The summed E-state index contributed by atoms with van der Waals surface area (Å²) in [4.78, 5) is 11.0. The van der Waals surface area contributed by atoms with Gasteiger partial charge in [-0.05, 0) is 43.9 Å². The maximum Gasteiger partial charge on any atom is 0.250 e. The number of hydrogen-bond acceptors (Lipinski definition) is 3. The number of aliphatic hydroxyl groups excluding tert-OH is 1. The fourth-order valence-corrected chi connectivity index (χ4v) is 2.29. The van der Waals surface area contributed by atoms with Gasteiger partial charge >= 0.3 is 0 Å². The molecule has 0 heterocycles. The van der Waals surface area contributed by atoms with Crippen molar-refractivity contribution in [2.75, 3.05) is 11.9 Å². The predicted octanol–water partition coefficient (Wildman–Crippen LogP) is 2.59. The number of amides is 1. The highest BCUT2D eigenvalue weighted by molar-refractivity contribution is 6.32. The molecule has 0 atom stereocenters. The van der Waals surface area contributed by atoms with Crippen LogP contribution in [-0.2, 0) is 4.79 Å². The summed E-state index contributed by atoms with van der Waals surface area (Å²) in [6.45, 7) is -0.544. The molecule has 0 saturated heterocycles. The number of rotatable bonds is 4. The number of carbonyl (C=O) groups is 1. The Morgan fingerprint density at radius 2 is 2.17 bits per heavy atom. The fraction of sp³-hybridized carbons (Fsp3) is 0.462. The van der Waals surface area contributed by atoms with E-state index in [2.05, 4.69) is 5.32 Å². The monoisotopic (exact) mass is 269 g/mol. The molecule has 1 aliphatic rings. The molecule has 0 bridgehead atoms. The van der Waals surface area contributed by atoms with Crippen molar-refractivity contribution in [3.63, 3.8) is 0 Å². The van der Waals surface area contributed by atoms with E-state index >= 15 is 0 Å². The van der Waals surface area contributed by atoms with Crippen LogP contribution in [0.3, 0.4) is 0 Å².